The van der Waals surface area contributed by atoms with Crippen LogP contribution in [0.4, 0.5) is 13.2 Å². The van der Waals surface area contributed by atoms with Gasteiger partial charge in [0.05, 0.1) is 0 Å². The Morgan fingerprint density at radius 1 is 1.08 bits per heavy atom. The zero-order valence-electron chi connectivity index (χ0n) is 15.1. The fraction of sp³-hybridized carbons (Fsp3) is 0.526. The van der Waals surface area contributed by atoms with E-state index in [1.807, 2.05) is 20.8 Å². The largest absolute Gasteiger partial charge is 0.475 e. The molecule has 0 fully saturated rings. The normalized spacial score (nSPS) is 18.3. The molecule has 1 aliphatic heterocycles. The zero-order valence-corrected chi connectivity index (χ0v) is 15.9. The van der Waals surface area contributed by atoms with E-state index < -0.39 is 29.1 Å². The van der Waals surface area contributed by atoms with Crippen molar-refractivity contribution in [3.63, 3.8) is 0 Å². The molecule has 1 aliphatic rings. The van der Waals surface area contributed by atoms with E-state index in [9.17, 15) is 18.0 Å². The Morgan fingerprint density at radius 2 is 1.64 bits per heavy atom. The minimum absolute atomic E-state index is 0.0853. The Hall–Kier alpha value is -1.49. The first kappa shape index (κ1) is 19.8. The molecule has 0 amide bonds. The first-order valence-electron chi connectivity index (χ1n) is 7.96. The molecule has 1 aromatic rings. The molecule has 2 nitrogen and oxygen atoms in total. The fourth-order valence-corrected chi connectivity index (χ4v) is 3.11. The van der Waals surface area contributed by atoms with Crippen LogP contribution in [0.2, 0.25) is 5.02 Å². The van der Waals surface area contributed by atoms with Crippen LogP contribution in [0.5, 0.6) is 5.75 Å². The summed E-state index contributed by atoms with van der Waals surface area (Å²) in [5, 5.41) is 0.430. The number of hydrogen-bond donors (Lipinski definition) is 0. The highest BCUT2D eigenvalue weighted by atomic mass is 35.5. The monoisotopic (exact) mass is 374 g/mol. The number of ether oxygens (including phenoxy) is 1. The molecule has 1 aromatic carbocycles. The lowest BCUT2D eigenvalue weighted by molar-refractivity contribution is -0.185. The van der Waals surface area contributed by atoms with Crippen molar-refractivity contribution < 1.29 is 22.7 Å². The molecule has 138 valence electrons. The van der Waals surface area contributed by atoms with Crippen molar-refractivity contribution in [2.24, 2.45) is 5.41 Å². The summed E-state index contributed by atoms with van der Waals surface area (Å²) < 4.78 is 45.8. The van der Waals surface area contributed by atoms with Gasteiger partial charge in [-0.2, -0.15) is 13.2 Å². The van der Waals surface area contributed by atoms with Gasteiger partial charge in [0, 0.05) is 21.6 Å². The lowest BCUT2D eigenvalue weighted by atomic mass is 9.81. The molecule has 0 aliphatic carbocycles. The second-order valence-corrected chi connectivity index (χ2v) is 8.75. The molecule has 25 heavy (non-hydrogen) atoms. The van der Waals surface area contributed by atoms with Crippen molar-refractivity contribution in [3.05, 3.63) is 33.9 Å². The smallest absolute Gasteiger partial charge is 0.429 e. The average Bonchev–Trinajstić information content (AvgIpc) is 2.41. The summed E-state index contributed by atoms with van der Waals surface area (Å²) in [7, 11) is 0. The Labute approximate surface area is 151 Å². The summed E-state index contributed by atoms with van der Waals surface area (Å²) in [5.74, 6) is -0.515. The van der Waals surface area contributed by atoms with Gasteiger partial charge in [-0.25, -0.2) is 0 Å². The summed E-state index contributed by atoms with van der Waals surface area (Å²) >= 11 is 6.30. The Balaban J connectivity index is 2.65. The lowest BCUT2D eigenvalue weighted by Crippen LogP contribution is -2.42. The highest BCUT2D eigenvalue weighted by Crippen LogP contribution is 2.43. The van der Waals surface area contributed by atoms with E-state index in [-0.39, 0.29) is 11.2 Å². The van der Waals surface area contributed by atoms with Gasteiger partial charge < -0.3 is 4.74 Å². The number of benzene rings is 1. The van der Waals surface area contributed by atoms with Crippen LogP contribution in [0.15, 0.2) is 17.7 Å². The Morgan fingerprint density at radius 3 is 2.08 bits per heavy atom. The van der Waals surface area contributed by atoms with Crippen LogP contribution in [-0.2, 0) is 10.2 Å². The molecule has 0 N–H and O–H groups in total. The van der Waals surface area contributed by atoms with E-state index in [0.29, 0.717) is 16.1 Å². The summed E-state index contributed by atoms with van der Waals surface area (Å²) in [4.78, 5) is 12.5. The second kappa shape index (κ2) is 6.04. The van der Waals surface area contributed by atoms with E-state index in [2.05, 4.69) is 0 Å². The van der Waals surface area contributed by atoms with E-state index in [1.54, 1.807) is 26.8 Å². The van der Waals surface area contributed by atoms with Gasteiger partial charge >= 0.3 is 6.18 Å². The summed E-state index contributed by atoms with van der Waals surface area (Å²) in [6.07, 6.45) is -5.71. The van der Waals surface area contributed by atoms with Crippen molar-refractivity contribution in [2.45, 2.75) is 59.2 Å². The van der Waals surface area contributed by atoms with Gasteiger partial charge in [-0.15, -0.1) is 0 Å². The molecule has 1 unspecified atom stereocenters. The number of carbonyl (C=O) groups is 1. The SMILES string of the molecule is CC(C)(C)C(=O)C1=Cc2cc(Cl)c(C(C)(C)C)cc2OC1C(F)(F)F. The molecule has 0 saturated carbocycles. The highest BCUT2D eigenvalue weighted by molar-refractivity contribution is 6.31. The van der Waals surface area contributed by atoms with Crippen LogP contribution in [0.25, 0.3) is 6.08 Å². The van der Waals surface area contributed by atoms with Crippen molar-refractivity contribution in [1.29, 1.82) is 0 Å². The number of Topliss-reactive ketones (excluding diaryl/α,β-unsaturated/α-hetero) is 1. The van der Waals surface area contributed by atoms with Crippen molar-refractivity contribution in [1.82, 2.24) is 0 Å². The molecule has 0 saturated heterocycles. The maximum atomic E-state index is 13.5. The highest BCUT2D eigenvalue weighted by Gasteiger charge is 2.49. The molecule has 0 aromatic heterocycles. The standard InChI is InChI=1S/C19H22ClF3O2/c1-17(2,3)12-9-14-10(8-13(12)20)7-11(15(24)18(4,5)6)16(25-14)19(21,22)23/h7-9,16H,1-6H3. The number of ketones is 1. The van der Waals surface area contributed by atoms with Gasteiger partial charge in [0.2, 0.25) is 6.10 Å². The predicted octanol–water partition coefficient (Wildman–Crippen LogP) is 5.96. The predicted molar refractivity (Wildman–Crippen MR) is 93.1 cm³/mol. The molecular weight excluding hydrogens is 353 g/mol. The number of hydrogen-bond acceptors (Lipinski definition) is 2. The van der Waals surface area contributed by atoms with Crippen LogP contribution in [0.3, 0.4) is 0 Å². The third-order valence-electron chi connectivity index (χ3n) is 3.99. The minimum Gasteiger partial charge on any atom is -0.475 e. The van der Waals surface area contributed by atoms with Gasteiger partial charge in [0.15, 0.2) is 5.78 Å². The van der Waals surface area contributed by atoms with E-state index >= 15 is 0 Å². The number of rotatable bonds is 1. The van der Waals surface area contributed by atoms with Crippen molar-refractivity contribution >= 4 is 23.5 Å². The first-order valence-corrected chi connectivity index (χ1v) is 8.34. The quantitative estimate of drug-likeness (QED) is 0.606. The number of carbonyl (C=O) groups excluding carboxylic acids is 1. The van der Waals surface area contributed by atoms with Crippen LogP contribution >= 0.6 is 11.6 Å². The zero-order chi connectivity index (χ0) is 19.4. The van der Waals surface area contributed by atoms with E-state index in [1.165, 1.54) is 12.1 Å². The molecule has 1 heterocycles. The van der Waals surface area contributed by atoms with Gasteiger partial charge in [0.1, 0.15) is 5.75 Å². The molecule has 0 radical (unpaired) electrons. The van der Waals surface area contributed by atoms with E-state index in [4.69, 9.17) is 16.3 Å². The summed E-state index contributed by atoms with van der Waals surface area (Å²) in [6.45, 7) is 10.5. The van der Waals surface area contributed by atoms with Crippen molar-refractivity contribution in [3.8, 4) is 5.75 Å². The third-order valence-corrected chi connectivity index (χ3v) is 4.30. The number of alkyl halides is 3. The Bertz CT molecular complexity index is 735. The Kier molecular flexibility index (Phi) is 4.79. The number of fused-ring (bicyclic) bond motifs is 1. The maximum absolute atomic E-state index is 13.5. The molecule has 2 rings (SSSR count). The lowest BCUT2D eigenvalue weighted by Gasteiger charge is -2.32. The maximum Gasteiger partial charge on any atom is 0.429 e. The summed E-state index contributed by atoms with van der Waals surface area (Å²) in [6, 6.07) is 3.09. The topological polar surface area (TPSA) is 26.3 Å². The van der Waals surface area contributed by atoms with Crippen LogP contribution in [0.1, 0.15) is 52.7 Å². The van der Waals surface area contributed by atoms with Crippen LogP contribution in [-0.4, -0.2) is 18.1 Å². The van der Waals surface area contributed by atoms with Gasteiger partial charge in [-0.1, -0.05) is 53.1 Å². The van der Waals surface area contributed by atoms with Gasteiger partial charge in [-0.05, 0) is 29.2 Å². The average molecular weight is 375 g/mol. The fourth-order valence-electron chi connectivity index (χ4n) is 2.65. The van der Waals surface area contributed by atoms with E-state index in [0.717, 1.165) is 0 Å². The van der Waals surface area contributed by atoms with Crippen LogP contribution < -0.4 is 4.74 Å². The summed E-state index contributed by atoms with van der Waals surface area (Å²) in [5.41, 5.74) is -0.634. The molecule has 6 heteroatoms. The minimum atomic E-state index is -4.69. The molecule has 0 spiro atoms. The molecular formula is C19H22ClF3O2. The van der Waals surface area contributed by atoms with Gasteiger partial charge in [0.25, 0.3) is 0 Å². The number of halogens is 4. The van der Waals surface area contributed by atoms with Crippen LogP contribution in [0, 0.1) is 5.41 Å². The molecule has 1 atom stereocenters. The first-order chi connectivity index (χ1) is 11.1. The second-order valence-electron chi connectivity index (χ2n) is 8.34. The van der Waals surface area contributed by atoms with Crippen molar-refractivity contribution in [2.75, 3.05) is 0 Å². The molecule has 0 bridgehead atoms. The third kappa shape index (κ3) is 4.02. The van der Waals surface area contributed by atoms with Gasteiger partial charge in [-0.3, -0.25) is 4.79 Å².